The molecule has 1 unspecified atom stereocenters. The van der Waals surface area contributed by atoms with Gasteiger partial charge >= 0.3 is 0 Å². The molecular formula is C9H16O4. The van der Waals surface area contributed by atoms with Gasteiger partial charge in [0.1, 0.15) is 6.10 Å². The van der Waals surface area contributed by atoms with Crippen molar-refractivity contribution in [1.82, 2.24) is 0 Å². The number of aliphatic hydroxyl groups is 2. The van der Waals surface area contributed by atoms with Crippen molar-refractivity contribution in [3.05, 3.63) is 0 Å². The van der Waals surface area contributed by atoms with Crippen molar-refractivity contribution >= 4 is 5.78 Å². The Hall–Kier alpha value is -0.450. The molecule has 13 heavy (non-hydrogen) atoms. The van der Waals surface area contributed by atoms with Crippen LogP contribution in [0.15, 0.2) is 0 Å². The number of aliphatic hydroxyl groups excluding tert-OH is 2. The van der Waals surface area contributed by atoms with E-state index in [1.54, 1.807) is 13.8 Å². The molecule has 1 fully saturated rings. The van der Waals surface area contributed by atoms with Gasteiger partial charge < -0.3 is 14.9 Å². The number of rotatable bonds is 2. The third-order valence-electron chi connectivity index (χ3n) is 2.25. The van der Waals surface area contributed by atoms with Gasteiger partial charge in [-0.05, 0) is 13.8 Å². The number of carbonyl (C=O) groups excluding carboxylic acids is 1. The number of Topliss-reactive ketones (excluding diaryl/α,β-unsaturated/α-hetero) is 1. The minimum atomic E-state index is -0.697. The van der Waals surface area contributed by atoms with Crippen LogP contribution in [0.5, 0.6) is 0 Å². The van der Waals surface area contributed by atoms with Crippen LogP contribution in [0.1, 0.15) is 26.7 Å². The summed E-state index contributed by atoms with van der Waals surface area (Å²) in [6, 6.07) is 0. The zero-order chi connectivity index (χ0) is 10.0. The molecule has 4 heteroatoms. The van der Waals surface area contributed by atoms with E-state index in [1.807, 2.05) is 0 Å². The van der Waals surface area contributed by atoms with E-state index >= 15 is 0 Å². The summed E-state index contributed by atoms with van der Waals surface area (Å²) in [6.07, 6.45) is -1.65. The van der Waals surface area contributed by atoms with Gasteiger partial charge in [-0.15, -0.1) is 0 Å². The second-order valence-corrected chi connectivity index (χ2v) is 3.65. The lowest BCUT2D eigenvalue weighted by Crippen LogP contribution is -2.44. The zero-order valence-electron chi connectivity index (χ0n) is 7.93. The minimum absolute atomic E-state index is 0.119. The summed E-state index contributed by atoms with van der Waals surface area (Å²) < 4.78 is 5.26. The summed E-state index contributed by atoms with van der Waals surface area (Å²) in [5.41, 5.74) is 0. The smallest absolute Gasteiger partial charge is 0.164 e. The summed E-state index contributed by atoms with van der Waals surface area (Å²) in [7, 11) is 0. The zero-order valence-corrected chi connectivity index (χ0v) is 7.93. The maximum absolute atomic E-state index is 11.3. The molecule has 1 saturated heterocycles. The standard InChI is InChI=1S/C9H16O4/c1-5(10)3-9-8(12)4-7(11)6(2)13-9/h5-7,9-11H,3-4H2,1-2H3/t5?,6-,7-,9-/m0/s1. The number of hydrogen-bond acceptors (Lipinski definition) is 4. The first kappa shape index (κ1) is 10.6. The van der Waals surface area contributed by atoms with Crippen LogP contribution in [0, 0.1) is 0 Å². The van der Waals surface area contributed by atoms with E-state index < -0.39 is 18.3 Å². The van der Waals surface area contributed by atoms with Crippen molar-refractivity contribution in [2.75, 3.05) is 0 Å². The number of ether oxygens (including phenoxy) is 1. The fourth-order valence-corrected chi connectivity index (χ4v) is 1.43. The quantitative estimate of drug-likeness (QED) is 0.633. The van der Waals surface area contributed by atoms with E-state index in [1.165, 1.54) is 0 Å². The Morgan fingerprint density at radius 1 is 1.69 bits per heavy atom. The molecule has 0 aromatic carbocycles. The molecule has 1 aliphatic rings. The average Bonchev–Trinajstić information content (AvgIpc) is 1.99. The highest BCUT2D eigenvalue weighted by molar-refractivity contribution is 5.84. The molecule has 0 bridgehead atoms. The second kappa shape index (κ2) is 4.17. The van der Waals surface area contributed by atoms with Crippen molar-refractivity contribution in [2.24, 2.45) is 0 Å². The van der Waals surface area contributed by atoms with E-state index in [-0.39, 0.29) is 18.3 Å². The Bertz CT molecular complexity index is 190. The molecule has 0 aromatic rings. The Morgan fingerprint density at radius 2 is 2.31 bits per heavy atom. The predicted molar refractivity (Wildman–Crippen MR) is 46.3 cm³/mol. The molecule has 4 atom stereocenters. The van der Waals surface area contributed by atoms with Crippen LogP contribution < -0.4 is 0 Å². The van der Waals surface area contributed by atoms with Crippen molar-refractivity contribution < 1.29 is 19.7 Å². The van der Waals surface area contributed by atoms with Gasteiger partial charge in [-0.1, -0.05) is 0 Å². The molecule has 0 radical (unpaired) electrons. The summed E-state index contributed by atoms with van der Waals surface area (Å²) >= 11 is 0. The second-order valence-electron chi connectivity index (χ2n) is 3.65. The van der Waals surface area contributed by atoms with Crippen LogP contribution in [0.25, 0.3) is 0 Å². The summed E-state index contributed by atoms with van der Waals surface area (Å²) in [5, 5.41) is 18.4. The normalized spacial score (nSPS) is 37.5. The minimum Gasteiger partial charge on any atom is -0.393 e. The Labute approximate surface area is 77.5 Å². The molecule has 0 aliphatic carbocycles. The van der Waals surface area contributed by atoms with Crippen molar-refractivity contribution in [1.29, 1.82) is 0 Å². The van der Waals surface area contributed by atoms with Crippen LogP contribution in [0.2, 0.25) is 0 Å². The van der Waals surface area contributed by atoms with Crippen LogP contribution in [-0.4, -0.2) is 40.4 Å². The molecular weight excluding hydrogens is 172 g/mol. The monoisotopic (exact) mass is 188 g/mol. The molecule has 2 N–H and O–H groups in total. The molecule has 1 rings (SSSR count). The van der Waals surface area contributed by atoms with Gasteiger partial charge in [-0.25, -0.2) is 0 Å². The van der Waals surface area contributed by atoms with Gasteiger partial charge in [0.05, 0.1) is 18.3 Å². The first-order valence-electron chi connectivity index (χ1n) is 4.55. The molecule has 0 spiro atoms. The molecule has 4 nitrogen and oxygen atoms in total. The topological polar surface area (TPSA) is 66.8 Å². The lowest BCUT2D eigenvalue weighted by atomic mass is 9.97. The molecule has 1 heterocycles. The lowest BCUT2D eigenvalue weighted by molar-refractivity contribution is -0.158. The van der Waals surface area contributed by atoms with Gasteiger partial charge in [0, 0.05) is 12.8 Å². The molecule has 76 valence electrons. The lowest BCUT2D eigenvalue weighted by Gasteiger charge is -2.31. The van der Waals surface area contributed by atoms with Crippen LogP contribution in [0.3, 0.4) is 0 Å². The molecule has 1 aliphatic heterocycles. The number of hydrogen-bond donors (Lipinski definition) is 2. The maximum Gasteiger partial charge on any atom is 0.164 e. The van der Waals surface area contributed by atoms with Crippen molar-refractivity contribution in [2.45, 2.75) is 51.1 Å². The highest BCUT2D eigenvalue weighted by atomic mass is 16.5. The Balaban J connectivity index is 2.51. The largest absolute Gasteiger partial charge is 0.393 e. The van der Waals surface area contributed by atoms with Crippen LogP contribution >= 0.6 is 0 Å². The fourth-order valence-electron chi connectivity index (χ4n) is 1.43. The maximum atomic E-state index is 11.3. The third kappa shape index (κ3) is 2.76. The van der Waals surface area contributed by atoms with Crippen molar-refractivity contribution in [3.63, 3.8) is 0 Å². The van der Waals surface area contributed by atoms with Gasteiger partial charge in [-0.3, -0.25) is 4.79 Å². The van der Waals surface area contributed by atoms with E-state index in [4.69, 9.17) is 9.84 Å². The molecule has 0 amide bonds. The fraction of sp³-hybridized carbons (Fsp3) is 0.889. The summed E-state index contributed by atoms with van der Waals surface area (Å²) in [5.74, 6) is -0.119. The highest BCUT2D eigenvalue weighted by Gasteiger charge is 2.33. The summed E-state index contributed by atoms with van der Waals surface area (Å²) in [6.45, 7) is 3.35. The number of carbonyl (C=O) groups is 1. The van der Waals surface area contributed by atoms with Gasteiger partial charge in [-0.2, -0.15) is 0 Å². The van der Waals surface area contributed by atoms with Gasteiger partial charge in [0.15, 0.2) is 5.78 Å². The Kier molecular flexibility index (Phi) is 3.41. The van der Waals surface area contributed by atoms with E-state index in [0.29, 0.717) is 6.42 Å². The van der Waals surface area contributed by atoms with Crippen LogP contribution in [0.4, 0.5) is 0 Å². The predicted octanol–water partition coefficient (Wildman–Crippen LogP) is -0.135. The highest BCUT2D eigenvalue weighted by Crippen LogP contribution is 2.19. The van der Waals surface area contributed by atoms with E-state index in [9.17, 15) is 9.90 Å². The van der Waals surface area contributed by atoms with Gasteiger partial charge in [0.25, 0.3) is 0 Å². The number of ketones is 1. The van der Waals surface area contributed by atoms with Crippen LogP contribution in [-0.2, 0) is 9.53 Å². The van der Waals surface area contributed by atoms with E-state index in [0.717, 1.165) is 0 Å². The van der Waals surface area contributed by atoms with Crippen molar-refractivity contribution in [3.8, 4) is 0 Å². The SMILES string of the molecule is CC(O)C[C@@H]1O[C@@H](C)[C@@H](O)CC1=O. The Morgan fingerprint density at radius 3 is 2.85 bits per heavy atom. The first-order valence-corrected chi connectivity index (χ1v) is 4.55. The average molecular weight is 188 g/mol. The first-order chi connectivity index (χ1) is 6.00. The molecule has 0 aromatic heterocycles. The molecule has 0 saturated carbocycles. The van der Waals surface area contributed by atoms with E-state index in [2.05, 4.69) is 0 Å². The summed E-state index contributed by atoms with van der Waals surface area (Å²) in [4.78, 5) is 11.3. The van der Waals surface area contributed by atoms with Gasteiger partial charge in [0.2, 0.25) is 0 Å². The third-order valence-corrected chi connectivity index (χ3v) is 2.25.